The van der Waals surface area contributed by atoms with E-state index in [4.69, 9.17) is 0 Å². The van der Waals surface area contributed by atoms with E-state index in [1.165, 1.54) is 0 Å². The van der Waals surface area contributed by atoms with Crippen molar-refractivity contribution in [1.82, 2.24) is 39.8 Å². The number of benzene rings is 1. The molecule has 0 amide bonds. The fraction of sp³-hybridized carbons (Fsp3) is 0.105. The number of aromatic nitrogens is 8. The minimum atomic E-state index is 0.625. The number of rotatable bonds is 4. The van der Waals surface area contributed by atoms with E-state index in [1.807, 2.05) is 53.5 Å². The summed E-state index contributed by atoms with van der Waals surface area (Å²) < 4.78 is 3.87. The molecule has 0 bridgehead atoms. The van der Waals surface area contributed by atoms with Crippen LogP contribution < -0.4 is 4.90 Å². The zero-order valence-corrected chi connectivity index (χ0v) is 15.4. The van der Waals surface area contributed by atoms with Gasteiger partial charge in [0.1, 0.15) is 5.82 Å². The van der Waals surface area contributed by atoms with Crippen LogP contribution in [0.2, 0.25) is 0 Å². The molecular weight excluding hydrogens is 354 g/mol. The molecular formula is C19H17N9. The largest absolute Gasteiger partial charge is 0.329 e. The van der Waals surface area contributed by atoms with Crippen LogP contribution >= 0.6 is 0 Å². The van der Waals surface area contributed by atoms with Crippen molar-refractivity contribution < 1.29 is 0 Å². The summed E-state index contributed by atoms with van der Waals surface area (Å²) in [4.78, 5) is 6.60. The van der Waals surface area contributed by atoms with Crippen LogP contribution in [0, 0.1) is 6.92 Å². The maximum absolute atomic E-state index is 4.51. The second-order valence-electron chi connectivity index (χ2n) is 6.45. The van der Waals surface area contributed by atoms with E-state index in [0.717, 1.165) is 34.2 Å². The highest BCUT2D eigenvalue weighted by Gasteiger charge is 2.13. The summed E-state index contributed by atoms with van der Waals surface area (Å²) in [5, 5.41) is 18.5. The molecule has 0 saturated carbocycles. The van der Waals surface area contributed by atoms with Crippen molar-refractivity contribution in [3.63, 3.8) is 0 Å². The monoisotopic (exact) mass is 371 g/mol. The Kier molecular flexibility index (Phi) is 3.64. The average Bonchev–Trinajstić information content (AvgIpc) is 3.47. The SMILES string of the molecule is Cc1cc(N(C)c2ccc(-n3cccc3-c3nnn[nH]3)cc2)n2nccc2n1. The van der Waals surface area contributed by atoms with Gasteiger partial charge >= 0.3 is 0 Å². The number of anilines is 2. The zero-order chi connectivity index (χ0) is 19.1. The van der Waals surface area contributed by atoms with Crippen LogP contribution in [0.25, 0.3) is 22.9 Å². The molecule has 9 heteroatoms. The molecule has 138 valence electrons. The molecule has 0 spiro atoms. The predicted octanol–water partition coefficient (Wildman–Crippen LogP) is 2.78. The standard InChI is InChI=1S/C19H17N9/c1-13-12-18(28-17(21-13)9-10-20-28)26(2)14-5-7-15(8-6-14)27-11-3-4-16(27)19-22-24-25-23-19/h3-12H,1-2H3,(H,22,23,24,25). The van der Waals surface area contributed by atoms with Crippen molar-refractivity contribution in [2.45, 2.75) is 6.92 Å². The minimum Gasteiger partial charge on any atom is -0.329 e. The summed E-state index contributed by atoms with van der Waals surface area (Å²) in [5.41, 5.74) is 4.74. The maximum Gasteiger partial charge on any atom is 0.196 e. The van der Waals surface area contributed by atoms with Crippen molar-refractivity contribution in [3.8, 4) is 17.2 Å². The molecule has 0 aliphatic heterocycles. The van der Waals surface area contributed by atoms with Gasteiger partial charge in [-0.3, -0.25) is 0 Å². The number of nitrogens with zero attached hydrogens (tertiary/aromatic N) is 8. The van der Waals surface area contributed by atoms with Crippen molar-refractivity contribution in [1.29, 1.82) is 0 Å². The van der Waals surface area contributed by atoms with Crippen LogP contribution in [0.15, 0.2) is 60.9 Å². The fourth-order valence-electron chi connectivity index (χ4n) is 3.29. The number of aromatic amines is 1. The molecule has 5 rings (SSSR count). The van der Waals surface area contributed by atoms with E-state index in [-0.39, 0.29) is 0 Å². The number of nitrogens with one attached hydrogen (secondary N) is 1. The molecule has 0 aliphatic rings. The van der Waals surface area contributed by atoms with Crippen LogP contribution in [0.4, 0.5) is 11.5 Å². The third kappa shape index (κ3) is 2.60. The Hall–Kier alpha value is -4.01. The molecule has 0 unspecified atom stereocenters. The van der Waals surface area contributed by atoms with Gasteiger partial charge in [0.2, 0.25) is 0 Å². The maximum atomic E-state index is 4.51. The summed E-state index contributed by atoms with van der Waals surface area (Å²) >= 11 is 0. The molecule has 0 fully saturated rings. The number of hydrogen-bond acceptors (Lipinski definition) is 6. The lowest BCUT2D eigenvalue weighted by Crippen LogP contribution is -2.15. The number of aryl methyl sites for hydroxylation is 1. The van der Waals surface area contributed by atoms with E-state index in [1.54, 1.807) is 6.20 Å². The minimum absolute atomic E-state index is 0.625. The fourth-order valence-corrected chi connectivity index (χ4v) is 3.29. The van der Waals surface area contributed by atoms with E-state index < -0.39 is 0 Å². The van der Waals surface area contributed by atoms with Crippen LogP contribution in [0.3, 0.4) is 0 Å². The van der Waals surface area contributed by atoms with Crippen LogP contribution in [0.1, 0.15) is 5.69 Å². The second kappa shape index (κ2) is 6.31. The lowest BCUT2D eigenvalue weighted by Gasteiger charge is -2.21. The van der Waals surface area contributed by atoms with E-state index in [0.29, 0.717) is 5.82 Å². The Morgan fingerprint density at radius 2 is 1.93 bits per heavy atom. The van der Waals surface area contributed by atoms with Gasteiger partial charge in [0, 0.05) is 42.4 Å². The van der Waals surface area contributed by atoms with Crippen LogP contribution in [0.5, 0.6) is 0 Å². The van der Waals surface area contributed by atoms with Gasteiger partial charge in [0.15, 0.2) is 11.5 Å². The first kappa shape index (κ1) is 16.2. The van der Waals surface area contributed by atoms with Gasteiger partial charge in [-0.25, -0.2) is 10.1 Å². The normalized spacial score (nSPS) is 11.2. The van der Waals surface area contributed by atoms with Gasteiger partial charge in [-0.05, 0) is 53.7 Å². The molecule has 0 radical (unpaired) electrons. The number of hydrogen-bond donors (Lipinski definition) is 1. The first-order chi connectivity index (χ1) is 13.7. The van der Waals surface area contributed by atoms with Crippen LogP contribution in [-0.4, -0.2) is 46.8 Å². The van der Waals surface area contributed by atoms with Crippen molar-refractivity contribution in [2.24, 2.45) is 0 Å². The van der Waals surface area contributed by atoms with Crippen molar-refractivity contribution in [3.05, 3.63) is 66.6 Å². The van der Waals surface area contributed by atoms with E-state index >= 15 is 0 Å². The summed E-state index contributed by atoms with van der Waals surface area (Å²) in [6.45, 7) is 1.99. The highest BCUT2D eigenvalue weighted by molar-refractivity contribution is 5.64. The molecule has 0 aliphatic carbocycles. The first-order valence-corrected chi connectivity index (χ1v) is 8.78. The van der Waals surface area contributed by atoms with Crippen molar-refractivity contribution in [2.75, 3.05) is 11.9 Å². The van der Waals surface area contributed by atoms with Gasteiger partial charge < -0.3 is 9.47 Å². The molecule has 28 heavy (non-hydrogen) atoms. The van der Waals surface area contributed by atoms with E-state index in [9.17, 15) is 0 Å². The summed E-state index contributed by atoms with van der Waals surface area (Å²) in [6.07, 6.45) is 3.74. The lowest BCUT2D eigenvalue weighted by atomic mass is 10.2. The molecule has 5 aromatic rings. The third-order valence-electron chi connectivity index (χ3n) is 4.66. The molecule has 4 heterocycles. The smallest absolute Gasteiger partial charge is 0.196 e. The predicted molar refractivity (Wildman–Crippen MR) is 105 cm³/mol. The summed E-state index contributed by atoms with van der Waals surface area (Å²) in [7, 11) is 2.02. The van der Waals surface area contributed by atoms with Gasteiger partial charge in [0.05, 0.1) is 11.9 Å². The van der Waals surface area contributed by atoms with Gasteiger partial charge in [-0.1, -0.05) is 0 Å². The third-order valence-corrected chi connectivity index (χ3v) is 4.66. The van der Waals surface area contributed by atoms with Crippen molar-refractivity contribution >= 4 is 17.2 Å². The number of tetrazole rings is 1. The molecule has 0 atom stereocenters. The molecule has 4 aromatic heterocycles. The van der Waals surface area contributed by atoms with Gasteiger partial charge in [0.25, 0.3) is 0 Å². The highest BCUT2D eigenvalue weighted by atomic mass is 15.5. The Bertz CT molecular complexity index is 1230. The molecule has 9 nitrogen and oxygen atoms in total. The van der Waals surface area contributed by atoms with Crippen LogP contribution in [-0.2, 0) is 0 Å². The summed E-state index contributed by atoms with van der Waals surface area (Å²) in [5.74, 6) is 1.58. The van der Waals surface area contributed by atoms with E-state index in [2.05, 4.69) is 59.9 Å². The molecule has 1 aromatic carbocycles. The lowest BCUT2D eigenvalue weighted by molar-refractivity contribution is 0.881. The second-order valence-corrected chi connectivity index (χ2v) is 6.45. The number of H-pyrrole nitrogens is 1. The van der Waals surface area contributed by atoms with Gasteiger partial charge in [-0.2, -0.15) is 9.61 Å². The summed E-state index contributed by atoms with van der Waals surface area (Å²) in [6, 6.07) is 16.1. The van der Waals surface area contributed by atoms with Gasteiger partial charge in [-0.15, -0.1) is 5.10 Å². The number of fused-ring (bicyclic) bond motifs is 1. The Morgan fingerprint density at radius 3 is 2.71 bits per heavy atom. The topological polar surface area (TPSA) is 92.8 Å². The molecule has 1 N–H and O–H groups in total. The molecule has 0 saturated heterocycles. The zero-order valence-electron chi connectivity index (χ0n) is 15.4. The Balaban J connectivity index is 1.51. The highest BCUT2D eigenvalue weighted by Crippen LogP contribution is 2.27. The Morgan fingerprint density at radius 1 is 1.07 bits per heavy atom. The average molecular weight is 371 g/mol. The first-order valence-electron chi connectivity index (χ1n) is 8.78. The quantitative estimate of drug-likeness (QED) is 0.522. The Labute approximate surface area is 160 Å².